The molecule has 0 spiro atoms. The van der Waals surface area contributed by atoms with Crippen LogP contribution in [0.25, 0.3) is 0 Å². The Hall–Kier alpha value is -0.631. The predicted molar refractivity (Wildman–Crippen MR) is 439 cm³/mol. The monoisotopic (exact) mass is 1670 g/mol. The largest absolute Gasteiger partial charge is 0.0623 e. The van der Waals surface area contributed by atoms with Gasteiger partial charge < -0.3 is 16.7 Å². The molecule has 0 radical (unpaired) electrons. The maximum absolute atomic E-state index is 11.6. The number of hydrogen-bond acceptors (Lipinski definition) is 8. The van der Waals surface area contributed by atoms with Crippen molar-refractivity contribution >= 4 is 115 Å². The van der Waals surface area contributed by atoms with Crippen LogP contribution in [0.3, 0.4) is 0 Å². The maximum Gasteiger partial charge on any atom is -0.0623 e. The number of hydrogen-bond donors (Lipinski definition) is 4. The molecule has 0 aliphatic heterocycles. The molecule has 9 N–H and O–H groups in total. The van der Waals surface area contributed by atoms with Crippen LogP contribution in [0.15, 0.2) is 125 Å². The molecular formula is C77H137Cl8FeN2O9S3. The van der Waals surface area contributed by atoms with Gasteiger partial charge in [0.1, 0.15) is 0 Å². The summed E-state index contributed by atoms with van der Waals surface area (Å²) in [4.78, 5) is 0.306. The number of alkyl halides is 3. The van der Waals surface area contributed by atoms with Gasteiger partial charge in [-0.05, 0) is 106 Å². The topological polar surface area (TPSA) is 235 Å². The molecule has 0 bridgehead atoms. The van der Waals surface area contributed by atoms with Gasteiger partial charge >= 0.3 is 50.8 Å². The van der Waals surface area contributed by atoms with Crippen LogP contribution < -0.4 is 11.3 Å². The summed E-state index contributed by atoms with van der Waals surface area (Å²) in [6.45, 7) is 81.2. The van der Waals surface area contributed by atoms with E-state index in [1.165, 1.54) is 5.56 Å². The van der Waals surface area contributed by atoms with Gasteiger partial charge in [0.25, 0.3) is 9.05 Å². The van der Waals surface area contributed by atoms with Crippen molar-refractivity contribution in [1.82, 2.24) is 6.15 Å². The molecule has 0 saturated heterocycles. The van der Waals surface area contributed by atoms with E-state index >= 15 is 0 Å². The van der Waals surface area contributed by atoms with Crippen molar-refractivity contribution in [3.05, 3.63) is 132 Å². The normalized spacial score (nSPS) is 13.7. The quantitative estimate of drug-likeness (QED) is 0.0643. The Morgan fingerprint density at radius 3 is 0.590 bits per heavy atom. The third-order valence-electron chi connectivity index (χ3n) is 18.4. The molecular weight excluding hydrogens is 1530 g/mol. The smallest absolute Gasteiger partial charge is 0.0623 e. The standard InChI is InChI=1S/C19H31ClO2S.C19H33NO2S.C19H32.C13H28O.C6H6.CHCl3.ClHO3S.3ClH.Fe.H3N.H2O/c2*1-16(2,3)19(17(4,5)6,18(7,8)9)14-10-12-15(13-11-14)23(20,21)22;1-16(2,3)19(17(4,5)6,18(7,8)9)15-13-11-10-12-14-15;1-10(2,3)13(14,11(4,5)6)12(7,8)9;1-2-4-6-5-3-1;2-1(3)4;1-5(2,3)4;;;;;;/h10-13H,1-9H3;10-13H,1-9H3,(H2,20,21,22);10-14H,1-9H3;14H,1-9H3;1-6H;1H;(H,2,3,4);3*1H;;1H3;1H2/q;;;;;;;;;;+3;;/p-3. The van der Waals surface area contributed by atoms with Crippen molar-refractivity contribution in [3.8, 4) is 0 Å². The Balaban J connectivity index is -0.000000271. The van der Waals surface area contributed by atoms with Gasteiger partial charge in [0.05, 0.1) is 15.4 Å². The third-order valence-corrected chi connectivity index (χ3v) is 20.7. The van der Waals surface area contributed by atoms with E-state index < -0.39 is 49.5 Å². The minimum Gasteiger partial charge on any atom is -0.0623 e. The molecule has 0 aliphatic carbocycles. The first-order valence-electron chi connectivity index (χ1n) is 32.7. The average Bonchev–Trinajstić information content (AvgIpc) is 0.728. The van der Waals surface area contributed by atoms with Gasteiger partial charge in [0, 0.05) is 37.6 Å². The minimum absolute atomic E-state index is 0. The van der Waals surface area contributed by atoms with Crippen molar-refractivity contribution < 1.29 is 51.6 Å². The van der Waals surface area contributed by atoms with E-state index in [-0.39, 0.29) is 103 Å². The Labute approximate surface area is 653 Å². The molecule has 4 rings (SSSR count). The summed E-state index contributed by atoms with van der Waals surface area (Å²) < 4.78 is 70.6. The van der Waals surface area contributed by atoms with E-state index in [0.717, 1.165) is 11.1 Å². The summed E-state index contributed by atoms with van der Waals surface area (Å²) in [7, 11) is 12.6. The fourth-order valence-electron chi connectivity index (χ4n) is 20.2. The van der Waals surface area contributed by atoms with Gasteiger partial charge in [-0.15, -0.1) is 0 Å². The molecule has 4 aromatic rings. The van der Waals surface area contributed by atoms with Crippen molar-refractivity contribution in [2.24, 2.45) is 70.1 Å². The maximum atomic E-state index is 11.6. The van der Waals surface area contributed by atoms with Crippen LogP contribution in [0.5, 0.6) is 0 Å². The molecule has 0 unspecified atom stereocenters. The van der Waals surface area contributed by atoms with Crippen molar-refractivity contribution in [2.45, 2.75) is 285 Å². The molecule has 0 heterocycles. The molecule has 11 nitrogen and oxygen atoms in total. The molecule has 0 atom stereocenters. The van der Waals surface area contributed by atoms with Crippen molar-refractivity contribution in [2.75, 3.05) is 0 Å². The van der Waals surface area contributed by atoms with Crippen molar-refractivity contribution in [3.63, 3.8) is 0 Å². The second kappa shape index (κ2) is 39.6. The molecule has 0 saturated carbocycles. The van der Waals surface area contributed by atoms with Crippen LogP contribution in [-0.4, -0.2) is 50.3 Å². The van der Waals surface area contributed by atoms with E-state index in [0.29, 0.717) is 0 Å². The summed E-state index contributed by atoms with van der Waals surface area (Å²) in [6.07, 6.45) is 0. The first-order chi connectivity index (χ1) is 42.5. The van der Waals surface area contributed by atoms with E-state index in [2.05, 4.69) is 290 Å². The molecule has 0 amide bonds. The summed E-state index contributed by atoms with van der Waals surface area (Å²) in [5, 5.41) is 16.3. The predicted octanol–water partition coefficient (Wildman–Crippen LogP) is 25.7. The fourth-order valence-corrected chi connectivity index (χ4v) is 21.5. The number of rotatable bonds is 5. The second-order valence-electron chi connectivity index (χ2n) is 37.3. The fraction of sp³-hybridized carbons (Fsp3) is 0.688. The molecule has 23 heteroatoms. The van der Waals surface area contributed by atoms with E-state index in [1.54, 1.807) is 24.3 Å². The molecule has 0 aromatic heterocycles. The zero-order valence-electron chi connectivity index (χ0n) is 67.8. The van der Waals surface area contributed by atoms with Gasteiger partial charge in [-0.25, -0.2) is 22.0 Å². The summed E-state index contributed by atoms with van der Waals surface area (Å²) >= 11 is 13.1. The molecule has 0 aliphatic rings. The van der Waals surface area contributed by atoms with Gasteiger partial charge in [0.2, 0.25) is 10.0 Å². The van der Waals surface area contributed by atoms with Crippen molar-refractivity contribution in [1.29, 1.82) is 0 Å². The zero-order valence-corrected chi connectivity index (χ0v) is 77.4. The van der Waals surface area contributed by atoms with Gasteiger partial charge in [-0.2, -0.15) is 8.42 Å². The Morgan fingerprint density at radius 1 is 0.330 bits per heavy atom. The van der Waals surface area contributed by atoms with E-state index in [1.807, 2.05) is 60.7 Å². The van der Waals surface area contributed by atoms with E-state index in [4.69, 9.17) is 93.9 Å². The summed E-state index contributed by atoms with van der Waals surface area (Å²) in [6, 6.07) is 37.3. The first kappa shape index (κ1) is 110. The first-order valence-corrected chi connectivity index (χ1v) is 44.7. The van der Waals surface area contributed by atoms with Gasteiger partial charge in [-0.1, -0.05) is 375 Å². The molecule has 0 fully saturated rings. The summed E-state index contributed by atoms with van der Waals surface area (Å²) in [5.74, 6) is 0. The SMILES string of the molecule is CC(C)(C)C(O)(C(C)(C)C)C(C)(C)C.CC(C)(C)C(c1ccc(S(=O)(=O)Cl)cc1)(C(C)(C)C)C(C)(C)C.CC(C)(C)C(c1ccc(S(N)(=O)=O)cc1)(C(C)(C)C)C(C)(C)C.CC(C)(C)C(c1ccccc1)(C(C)(C)C)C(C)(C)C.ClC(Cl)Cl.N.O.O=S(=O)(O)Cl.[Cl][Fe]([Cl])[Cl].c1ccccc1. The number of halogens is 8. The average molecular weight is 1670 g/mol. The Bertz CT molecular complexity index is 3000. The zero-order chi connectivity index (χ0) is 80.0. The van der Waals surface area contributed by atoms with Crippen LogP contribution in [0.4, 0.5) is 0 Å². The molecule has 4 aromatic carbocycles. The Morgan fingerprint density at radius 2 is 0.470 bits per heavy atom. The number of primary sulfonamides is 1. The number of nitrogens with two attached hydrogens (primary N) is 1. The van der Waals surface area contributed by atoms with Gasteiger partial charge in [0.15, 0.2) is 4.30 Å². The number of benzene rings is 4. The van der Waals surface area contributed by atoms with Crippen LogP contribution in [0, 0.1) is 65.0 Å². The Kier molecular flexibility index (Phi) is 43.7. The van der Waals surface area contributed by atoms with Crippen LogP contribution in [-0.2, 0) is 55.8 Å². The summed E-state index contributed by atoms with van der Waals surface area (Å²) in [5.41, 5.74) is 2.91. The number of sulfonamides is 1. The third kappa shape index (κ3) is 30.8. The van der Waals surface area contributed by atoms with Crippen LogP contribution >= 0.6 is 86.5 Å². The number of aliphatic hydroxyl groups is 1. The second-order valence-corrected chi connectivity index (χ2v) is 50.9. The van der Waals surface area contributed by atoms with E-state index in [9.17, 15) is 21.9 Å². The molecule has 100 heavy (non-hydrogen) atoms. The van der Waals surface area contributed by atoms with Crippen LogP contribution in [0.1, 0.15) is 266 Å². The van der Waals surface area contributed by atoms with Crippen LogP contribution in [0.2, 0.25) is 0 Å². The minimum atomic E-state index is -4.19. The molecule has 591 valence electrons. The van der Waals surface area contributed by atoms with Gasteiger partial charge in [-0.3, -0.25) is 4.55 Å².